The lowest BCUT2D eigenvalue weighted by atomic mass is 10.1. The topological polar surface area (TPSA) is 55.1 Å². The average molecular weight is 306 g/mol. The van der Waals surface area contributed by atoms with Crippen molar-refractivity contribution in [3.8, 4) is 0 Å². The van der Waals surface area contributed by atoms with Gasteiger partial charge in [0.05, 0.1) is 12.2 Å². The highest BCUT2D eigenvalue weighted by atomic mass is 16.3. The molecule has 0 bridgehead atoms. The van der Waals surface area contributed by atoms with Gasteiger partial charge in [-0.3, -0.25) is 9.78 Å². The normalized spacial score (nSPS) is 11.2. The van der Waals surface area contributed by atoms with Crippen molar-refractivity contribution in [3.05, 3.63) is 71.8 Å². The number of nitrogens with zero attached hydrogens (tertiary/aromatic N) is 1. The molecule has 1 amide bonds. The summed E-state index contributed by atoms with van der Waals surface area (Å²) in [4.78, 5) is 16.2. The fourth-order valence-corrected chi connectivity index (χ4v) is 2.46. The largest absolute Gasteiger partial charge is 0.460 e. The monoisotopic (exact) mass is 306 g/mol. The summed E-state index contributed by atoms with van der Waals surface area (Å²) in [6.45, 7) is 2.45. The Labute approximate surface area is 134 Å². The summed E-state index contributed by atoms with van der Waals surface area (Å²) in [6, 6.07) is 13.5. The van der Waals surface area contributed by atoms with Crippen molar-refractivity contribution in [2.24, 2.45) is 0 Å². The lowest BCUT2D eigenvalue weighted by Gasteiger charge is -2.01. The minimum Gasteiger partial charge on any atom is -0.460 e. The van der Waals surface area contributed by atoms with Gasteiger partial charge in [-0.2, -0.15) is 0 Å². The maximum atomic E-state index is 12.0. The number of aromatic nitrogens is 1. The van der Waals surface area contributed by atoms with Crippen LogP contribution in [-0.4, -0.2) is 10.9 Å². The molecular formula is C19H18N2O2. The van der Waals surface area contributed by atoms with Crippen LogP contribution in [0.3, 0.4) is 0 Å². The Bertz CT molecular complexity index is 835. The number of fused-ring (bicyclic) bond motifs is 1. The van der Waals surface area contributed by atoms with Crippen molar-refractivity contribution in [1.29, 1.82) is 0 Å². The molecule has 116 valence electrons. The summed E-state index contributed by atoms with van der Waals surface area (Å²) in [5, 5.41) is 3.85. The Hall–Kier alpha value is -2.88. The van der Waals surface area contributed by atoms with Gasteiger partial charge < -0.3 is 9.73 Å². The molecule has 0 fully saturated rings. The molecule has 0 saturated carbocycles. The van der Waals surface area contributed by atoms with Crippen molar-refractivity contribution in [2.75, 3.05) is 0 Å². The molecule has 0 unspecified atom stereocenters. The number of aryl methyl sites for hydroxylation is 1. The first-order valence-corrected chi connectivity index (χ1v) is 7.64. The van der Waals surface area contributed by atoms with Crippen LogP contribution in [0.25, 0.3) is 17.0 Å². The van der Waals surface area contributed by atoms with E-state index in [0.717, 1.165) is 34.4 Å². The van der Waals surface area contributed by atoms with E-state index in [9.17, 15) is 4.79 Å². The fourth-order valence-electron chi connectivity index (χ4n) is 2.46. The first-order chi connectivity index (χ1) is 11.3. The van der Waals surface area contributed by atoms with Crippen molar-refractivity contribution >= 4 is 23.0 Å². The van der Waals surface area contributed by atoms with Crippen LogP contribution in [-0.2, 0) is 17.8 Å². The summed E-state index contributed by atoms with van der Waals surface area (Å²) in [6.07, 6.45) is 5.85. The molecule has 1 aromatic carbocycles. The minimum absolute atomic E-state index is 0.150. The van der Waals surface area contributed by atoms with E-state index in [-0.39, 0.29) is 5.91 Å². The number of hydrogen-bond donors (Lipinski definition) is 1. The number of carbonyl (C=O) groups excluding carboxylic acids is 1. The van der Waals surface area contributed by atoms with E-state index in [1.165, 1.54) is 0 Å². The Morgan fingerprint density at radius 1 is 1.22 bits per heavy atom. The smallest absolute Gasteiger partial charge is 0.244 e. The number of benzene rings is 1. The number of para-hydroxylation sites is 1. The molecule has 0 aliphatic heterocycles. The maximum absolute atomic E-state index is 12.0. The highest BCUT2D eigenvalue weighted by molar-refractivity contribution is 5.96. The van der Waals surface area contributed by atoms with Crippen LogP contribution in [0.1, 0.15) is 23.9 Å². The lowest BCUT2D eigenvalue weighted by molar-refractivity contribution is -0.116. The SMILES string of the molecule is CCc1oc2ccccc2c1/C=C/C(=O)NCc1ccccn1. The van der Waals surface area contributed by atoms with E-state index in [1.54, 1.807) is 12.3 Å². The van der Waals surface area contributed by atoms with Gasteiger partial charge in [-0.1, -0.05) is 31.2 Å². The molecule has 1 N–H and O–H groups in total. The zero-order valence-electron chi connectivity index (χ0n) is 13.0. The summed E-state index contributed by atoms with van der Waals surface area (Å²) in [5.41, 5.74) is 2.64. The van der Waals surface area contributed by atoms with Gasteiger partial charge in [0.1, 0.15) is 11.3 Å². The van der Waals surface area contributed by atoms with Crippen molar-refractivity contribution < 1.29 is 9.21 Å². The highest BCUT2D eigenvalue weighted by Crippen LogP contribution is 2.27. The first kappa shape index (κ1) is 15.0. The fraction of sp³-hybridized carbons (Fsp3) is 0.158. The number of nitrogens with one attached hydrogen (secondary N) is 1. The van der Waals surface area contributed by atoms with E-state index in [4.69, 9.17) is 4.42 Å². The molecule has 3 aromatic rings. The Balaban J connectivity index is 1.73. The lowest BCUT2D eigenvalue weighted by Crippen LogP contribution is -2.20. The van der Waals surface area contributed by atoms with Gasteiger partial charge in [0, 0.05) is 29.6 Å². The number of carbonyl (C=O) groups is 1. The van der Waals surface area contributed by atoms with Crippen molar-refractivity contribution in [3.63, 3.8) is 0 Å². The van der Waals surface area contributed by atoms with Gasteiger partial charge in [-0.05, 0) is 24.3 Å². The predicted molar refractivity (Wildman–Crippen MR) is 90.7 cm³/mol. The molecule has 0 aliphatic carbocycles. The molecule has 4 nitrogen and oxygen atoms in total. The van der Waals surface area contributed by atoms with Gasteiger partial charge in [0.2, 0.25) is 5.91 Å². The highest BCUT2D eigenvalue weighted by Gasteiger charge is 2.10. The van der Waals surface area contributed by atoms with E-state index in [0.29, 0.717) is 6.54 Å². The average Bonchev–Trinajstić information content (AvgIpc) is 2.97. The van der Waals surface area contributed by atoms with Crippen LogP contribution >= 0.6 is 0 Å². The van der Waals surface area contributed by atoms with E-state index >= 15 is 0 Å². The molecule has 0 spiro atoms. The summed E-state index contributed by atoms with van der Waals surface area (Å²) < 4.78 is 5.82. The third-order valence-corrected chi connectivity index (χ3v) is 3.60. The van der Waals surface area contributed by atoms with Crippen molar-refractivity contribution in [2.45, 2.75) is 19.9 Å². The first-order valence-electron chi connectivity index (χ1n) is 7.64. The van der Waals surface area contributed by atoms with Gasteiger partial charge in [-0.15, -0.1) is 0 Å². The Morgan fingerprint density at radius 2 is 2.04 bits per heavy atom. The molecule has 0 aliphatic rings. The maximum Gasteiger partial charge on any atom is 0.244 e. The number of amides is 1. The third kappa shape index (κ3) is 3.48. The summed E-state index contributed by atoms with van der Waals surface area (Å²) in [7, 11) is 0. The minimum atomic E-state index is -0.150. The summed E-state index contributed by atoms with van der Waals surface area (Å²) in [5.74, 6) is 0.739. The standard InChI is InChI=1S/C19H18N2O2/c1-2-17-16(15-8-3-4-9-18(15)23-17)10-11-19(22)21-13-14-7-5-6-12-20-14/h3-12H,2,13H2,1H3,(H,21,22)/b11-10+. The molecule has 23 heavy (non-hydrogen) atoms. The molecule has 3 rings (SSSR count). The van der Waals surface area contributed by atoms with E-state index in [2.05, 4.69) is 10.3 Å². The van der Waals surface area contributed by atoms with Crippen LogP contribution in [0, 0.1) is 0 Å². The van der Waals surface area contributed by atoms with Crippen LogP contribution < -0.4 is 5.32 Å². The van der Waals surface area contributed by atoms with Gasteiger partial charge in [0.15, 0.2) is 0 Å². The van der Waals surface area contributed by atoms with Crippen LogP contribution in [0.2, 0.25) is 0 Å². The second-order valence-electron chi connectivity index (χ2n) is 5.16. The molecule has 0 atom stereocenters. The molecule has 2 heterocycles. The second-order valence-corrected chi connectivity index (χ2v) is 5.16. The van der Waals surface area contributed by atoms with Crippen LogP contribution in [0.5, 0.6) is 0 Å². The number of furan rings is 1. The molecule has 2 aromatic heterocycles. The summed E-state index contributed by atoms with van der Waals surface area (Å²) >= 11 is 0. The number of hydrogen-bond acceptors (Lipinski definition) is 3. The van der Waals surface area contributed by atoms with E-state index < -0.39 is 0 Å². The third-order valence-electron chi connectivity index (χ3n) is 3.60. The quantitative estimate of drug-likeness (QED) is 0.731. The number of rotatable bonds is 5. The predicted octanol–water partition coefficient (Wildman–Crippen LogP) is 3.72. The second kappa shape index (κ2) is 6.92. The van der Waals surface area contributed by atoms with Crippen molar-refractivity contribution in [1.82, 2.24) is 10.3 Å². The Kier molecular flexibility index (Phi) is 4.52. The molecule has 0 saturated heterocycles. The Morgan fingerprint density at radius 3 is 2.83 bits per heavy atom. The zero-order chi connectivity index (χ0) is 16.1. The van der Waals surface area contributed by atoms with Gasteiger partial charge >= 0.3 is 0 Å². The van der Waals surface area contributed by atoms with Gasteiger partial charge in [-0.25, -0.2) is 0 Å². The number of pyridine rings is 1. The molecule has 0 radical (unpaired) electrons. The molecular weight excluding hydrogens is 288 g/mol. The zero-order valence-corrected chi connectivity index (χ0v) is 13.0. The molecule has 4 heteroatoms. The van der Waals surface area contributed by atoms with Crippen LogP contribution in [0.4, 0.5) is 0 Å². The van der Waals surface area contributed by atoms with Crippen LogP contribution in [0.15, 0.2) is 59.2 Å². The van der Waals surface area contributed by atoms with E-state index in [1.807, 2.05) is 55.5 Å². The van der Waals surface area contributed by atoms with Gasteiger partial charge in [0.25, 0.3) is 0 Å².